The molecule has 0 amide bonds. The fourth-order valence-corrected chi connectivity index (χ4v) is 1.37. The van der Waals surface area contributed by atoms with Crippen molar-refractivity contribution in [2.24, 2.45) is 0 Å². The van der Waals surface area contributed by atoms with Gasteiger partial charge in [-0.1, -0.05) is 0 Å². The van der Waals surface area contributed by atoms with Crippen LogP contribution in [-0.4, -0.2) is 41.2 Å². The second kappa shape index (κ2) is 4.28. The summed E-state index contributed by atoms with van der Waals surface area (Å²) in [5.41, 5.74) is 1.21. The summed E-state index contributed by atoms with van der Waals surface area (Å²) in [6, 6.07) is 1.83. The summed E-state index contributed by atoms with van der Waals surface area (Å²) in [4.78, 5) is 12.9. The summed E-state index contributed by atoms with van der Waals surface area (Å²) in [5.74, 6) is -0.855. The lowest BCUT2D eigenvalue weighted by molar-refractivity contribution is 0.0683. The van der Waals surface area contributed by atoms with Gasteiger partial charge in [0.1, 0.15) is 5.69 Å². The molecule has 1 heterocycles. The highest BCUT2D eigenvalue weighted by atomic mass is 16.4. The second-order valence-corrected chi connectivity index (χ2v) is 3.65. The molecule has 0 radical (unpaired) electrons. The number of nitrogens with zero attached hydrogens (tertiary/aromatic N) is 2. The molecule has 0 saturated carbocycles. The number of hydrogen-bond donors (Lipinski definition) is 1. The zero-order valence-electron chi connectivity index (χ0n) is 8.82. The third kappa shape index (κ3) is 2.35. The highest BCUT2D eigenvalue weighted by Gasteiger charge is 2.12. The molecule has 1 aromatic rings. The lowest BCUT2D eigenvalue weighted by Crippen LogP contribution is -2.20. The van der Waals surface area contributed by atoms with Crippen LogP contribution >= 0.6 is 0 Å². The molecule has 0 aliphatic carbocycles. The Hall–Kier alpha value is -1.29. The number of rotatable bonds is 4. The van der Waals surface area contributed by atoms with E-state index in [1.54, 1.807) is 4.57 Å². The average Bonchev–Trinajstić information content (AvgIpc) is 2.43. The van der Waals surface area contributed by atoms with Crippen LogP contribution < -0.4 is 0 Å². The molecule has 4 nitrogen and oxygen atoms in total. The van der Waals surface area contributed by atoms with Gasteiger partial charge in [-0.2, -0.15) is 0 Å². The third-order valence-corrected chi connectivity index (χ3v) is 2.16. The molecule has 4 heteroatoms. The highest BCUT2D eigenvalue weighted by Crippen LogP contribution is 2.09. The number of likely N-dealkylation sites (N-methyl/N-ethyl adjacent to an activating group) is 1. The van der Waals surface area contributed by atoms with Crippen molar-refractivity contribution in [3.8, 4) is 0 Å². The van der Waals surface area contributed by atoms with Crippen LogP contribution in [0.3, 0.4) is 0 Å². The first-order chi connectivity index (χ1) is 6.52. The van der Waals surface area contributed by atoms with Crippen molar-refractivity contribution < 1.29 is 9.90 Å². The lowest BCUT2D eigenvalue weighted by atomic mass is 10.3. The number of hydrogen-bond acceptors (Lipinski definition) is 2. The molecule has 0 unspecified atom stereocenters. The van der Waals surface area contributed by atoms with Gasteiger partial charge in [-0.3, -0.25) is 0 Å². The maximum Gasteiger partial charge on any atom is 0.352 e. The quantitative estimate of drug-likeness (QED) is 0.783. The van der Waals surface area contributed by atoms with Gasteiger partial charge in [-0.05, 0) is 32.6 Å². The molecule has 1 N–H and O–H groups in total. The Labute approximate surface area is 83.8 Å². The SMILES string of the molecule is Cc1ccn(CCN(C)C)c1C(=O)O. The Kier molecular flexibility index (Phi) is 3.30. The molecule has 1 aromatic heterocycles. The van der Waals surface area contributed by atoms with E-state index in [0.29, 0.717) is 12.2 Å². The van der Waals surface area contributed by atoms with E-state index in [9.17, 15) is 4.79 Å². The highest BCUT2D eigenvalue weighted by molar-refractivity contribution is 5.87. The predicted octanol–water partition coefficient (Wildman–Crippen LogP) is 1.06. The van der Waals surface area contributed by atoms with Gasteiger partial charge >= 0.3 is 5.97 Å². The van der Waals surface area contributed by atoms with Gasteiger partial charge in [-0.15, -0.1) is 0 Å². The number of carboxylic acid groups (broad SMARTS) is 1. The minimum Gasteiger partial charge on any atom is -0.477 e. The van der Waals surface area contributed by atoms with E-state index in [-0.39, 0.29) is 0 Å². The molecule has 0 fully saturated rings. The van der Waals surface area contributed by atoms with Gasteiger partial charge in [0.05, 0.1) is 0 Å². The monoisotopic (exact) mass is 196 g/mol. The largest absolute Gasteiger partial charge is 0.477 e. The minimum atomic E-state index is -0.855. The first-order valence-corrected chi connectivity index (χ1v) is 4.56. The third-order valence-electron chi connectivity index (χ3n) is 2.16. The maximum atomic E-state index is 10.9. The van der Waals surface area contributed by atoms with Gasteiger partial charge in [0.2, 0.25) is 0 Å². The smallest absolute Gasteiger partial charge is 0.352 e. The van der Waals surface area contributed by atoms with Crippen molar-refractivity contribution >= 4 is 5.97 Å². The number of carbonyl (C=O) groups is 1. The van der Waals surface area contributed by atoms with Crippen LogP contribution in [0.15, 0.2) is 12.3 Å². The number of aryl methyl sites for hydroxylation is 1. The first kappa shape index (κ1) is 10.8. The van der Waals surface area contributed by atoms with Crippen molar-refractivity contribution in [1.29, 1.82) is 0 Å². The fourth-order valence-electron chi connectivity index (χ4n) is 1.37. The Morgan fingerprint density at radius 3 is 2.71 bits per heavy atom. The minimum absolute atomic E-state index is 0.395. The summed E-state index contributed by atoms with van der Waals surface area (Å²) < 4.78 is 1.78. The van der Waals surface area contributed by atoms with Gasteiger partial charge in [0, 0.05) is 19.3 Å². The van der Waals surface area contributed by atoms with Gasteiger partial charge in [0.15, 0.2) is 0 Å². The van der Waals surface area contributed by atoms with E-state index in [2.05, 4.69) is 0 Å². The van der Waals surface area contributed by atoms with E-state index >= 15 is 0 Å². The topological polar surface area (TPSA) is 45.5 Å². The summed E-state index contributed by atoms with van der Waals surface area (Å²) in [6.45, 7) is 3.37. The van der Waals surface area contributed by atoms with Crippen LogP contribution in [0, 0.1) is 6.92 Å². The predicted molar refractivity (Wildman–Crippen MR) is 54.7 cm³/mol. The Morgan fingerprint density at radius 1 is 1.57 bits per heavy atom. The van der Waals surface area contributed by atoms with E-state index in [0.717, 1.165) is 12.1 Å². The van der Waals surface area contributed by atoms with E-state index < -0.39 is 5.97 Å². The molecule has 0 aromatic carbocycles. The molecule has 78 valence electrons. The van der Waals surface area contributed by atoms with Crippen LogP contribution in [0.4, 0.5) is 0 Å². The molecule has 0 atom stereocenters. The zero-order chi connectivity index (χ0) is 10.7. The van der Waals surface area contributed by atoms with Crippen LogP contribution in [0.5, 0.6) is 0 Å². The molecule has 0 aliphatic rings. The van der Waals surface area contributed by atoms with Gasteiger partial charge < -0.3 is 14.6 Å². The van der Waals surface area contributed by atoms with Gasteiger partial charge in [-0.25, -0.2) is 4.79 Å². The number of aromatic nitrogens is 1. The molecular weight excluding hydrogens is 180 g/mol. The van der Waals surface area contributed by atoms with E-state index in [1.807, 2.05) is 38.2 Å². The maximum absolute atomic E-state index is 10.9. The van der Waals surface area contributed by atoms with Crippen molar-refractivity contribution in [2.75, 3.05) is 20.6 Å². The van der Waals surface area contributed by atoms with Crippen molar-refractivity contribution in [3.05, 3.63) is 23.5 Å². The molecular formula is C10H16N2O2. The normalized spacial score (nSPS) is 10.9. The Balaban J connectivity index is 2.81. The lowest BCUT2D eigenvalue weighted by Gasteiger charge is -2.11. The Morgan fingerprint density at radius 2 is 2.21 bits per heavy atom. The van der Waals surface area contributed by atoms with Crippen LogP contribution in [0.25, 0.3) is 0 Å². The van der Waals surface area contributed by atoms with Gasteiger partial charge in [0.25, 0.3) is 0 Å². The molecule has 0 aliphatic heterocycles. The molecule has 1 rings (SSSR count). The summed E-state index contributed by atoms with van der Waals surface area (Å²) in [5, 5.41) is 8.97. The second-order valence-electron chi connectivity index (χ2n) is 3.65. The van der Waals surface area contributed by atoms with Crippen molar-refractivity contribution in [2.45, 2.75) is 13.5 Å². The molecule has 14 heavy (non-hydrogen) atoms. The Bertz CT molecular complexity index is 329. The number of carboxylic acids is 1. The van der Waals surface area contributed by atoms with Crippen LogP contribution in [0.1, 0.15) is 16.1 Å². The zero-order valence-corrected chi connectivity index (χ0v) is 8.82. The molecule has 0 spiro atoms. The fraction of sp³-hybridized carbons (Fsp3) is 0.500. The van der Waals surface area contributed by atoms with Crippen LogP contribution in [0.2, 0.25) is 0 Å². The summed E-state index contributed by atoms with van der Waals surface area (Å²) in [7, 11) is 3.94. The average molecular weight is 196 g/mol. The van der Waals surface area contributed by atoms with E-state index in [4.69, 9.17) is 5.11 Å². The molecule has 0 saturated heterocycles. The number of aromatic carboxylic acids is 1. The summed E-state index contributed by atoms with van der Waals surface area (Å²) >= 11 is 0. The molecule has 0 bridgehead atoms. The van der Waals surface area contributed by atoms with E-state index in [1.165, 1.54) is 0 Å². The van der Waals surface area contributed by atoms with Crippen LogP contribution in [-0.2, 0) is 6.54 Å². The summed E-state index contributed by atoms with van der Waals surface area (Å²) in [6.07, 6.45) is 1.82. The van der Waals surface area contributed by atoms with Crippen molar-refractivity contribution in [1.82, 2.24) is 9.47 Å². The standard InChI is InChI=1S/C10H16N2O2/c1-8-4-5-12(7-6-11(2)3)9(8)10(13)14/h4-5H,6-7H2,1-3H3,(H,13,14). The van der Waals surface area contributed by atoms with Crippen molar-refractivity contribution in [3.63, 3.8) is 0 Å². The first-order valence-electron chi connectivity index (χ1n) is 4.56.